The summed E-state index contributed by atoms with van der Waals surface area (Å²) in [5.41, 5.74) is 9.11. The highest BCUT2D eigenvalue weighted by Gasteiger charge is 2.36. The van der Waals surface area contributed by atoms with E-state index in [1.165, 1.54) is 0 Å². The van der Waals surface area contributed by atoms with E-state index in [0.29, 0.717) is 34.1 Å². The Labute approximate surface area is 179 Å². The average Bonchev–Trinajstić information content (AvgIpc) is 3.11. The van der Waals surface area contributed by atoms with Crippen LogP contribution in [0.1, 0.15) is 27.4 Å². The molecule has 2 amide bonds. The molecule has 7 heteroatoms. The molecule has 4 rings (SSSR count). The molecular formula is C24H21N3O4. The zero-order chi connectivity index (χ0) is 22.0. The number of primary amides is 1. The van der Waals surface area contributed by atoms with Crippen molar-refractivity contribution in [1.29, 1.82) is 0 Å². The summed E-state index contributed by atoms with van der Waals surface area (Å²) in [6.45, 7) is 0. The Kier molecular flexibility index (Phi) is 5.41. The summed E-state index contributed by atoms with van der Waals surface area (Å²) in [5, 5.41) is 2.92. The van der Waals surface area contributed by atoms with Crippen molar-refractivity contribution in [2.75, 3.05) is 19.5 Å². The van der Waals surface area contributed by atoms with Gasteiger partial charge in [0.1, 0.15) is 5.92 Å². The molecule has 3 aromatic carbocycles. The van der Waals surface area contributed by atoms with Gasteiger partial charge in [0.25, 0.3) is 0 Å². The molecule has 0 saturated carbocycles. The molecule has 0 saturated heterocycles. The topological polar surface area (TPSA) is 103 Å². The van der Waals surface area contributed by atoms with Crippen LogP contribution in [0.25, 0.3) is 0 Å². The number of rotatable bonds is 6. The Morgan fingerprint density at radius 1 is 0.935 bits per heavy atom. The first kappa shape index (κ1) is 20.2. The molecular weight excluding hydrogens is 394 g/mol. The zero-order valence-electron chi connectivity index (χ0n) is 17.1. The number of hydrogen-bond donors (Lipinski definition) is 2. The number of fused-ring (bicyclic) bond motifs is 1. The Morgan fingerprint density at radius 2 is 1.58 bits per heavy atom. The van der Waals surface area contributed by atoms with Crippen molar-refractivity contribution in [1.82, 2.24) is 0 Å². The van der Waals surface area contributed by atoms with Crippen molar-refractivity contribution in [3.05, 3.63) is 83.4 Å². The second-order valence-corrected chi connectivity index (χ2v) is 6.99. The van der Waals surface area contributed by atoms with Gasteiger partial charge in [0.05, 0.1) is 25.6 Å². The molecule has 7 nitrogen and oxygen atoms in total. The smallest absolute Gasteiger partial charge is 0.248 e. The first-order chi connectivity index (χ1) is 15.0. The van der Waals surface area contributed by atoms with Gasteiger partial charge in [0, 0.05) is 17.3 Å². The van der Waals surface area contributed by atoms with E-state index < -0.39 is 11.8 Å². The van der Waals surface area contributed by atoms with Crippen LogP contribution in [0.2, 0.25) is 0 Å². The molecule has 156 valence electrons. The van der Waals surface area contributed by atoms with Crippen LogP contribution >= 0.6 is 0 Å². The molecule has 0 bridgehead atoms. The van der Waals surface area contributed by atoms with Gasteiger partial charge in [-0.3, -0.25) is 14.6 Å². The van der Waals surface area contributed by atoms with E-state index in [1.54, 1.807) is 50.6 Å². The van der Waals surface area contributed by atoms with Gasteiger partial charge in [0.15, 0.2) is 11.5 Å². The number of hydrogen-bond acceptors (Lipinski definition) is 5. The van der Waals surface area contributed by atoms with Crippen molar-refractivity contribution < 1.29 is 19.1 Å². The van der Waals surface area contributed by atoms with Crippen LogP contribution in [0.5, 0.6) is 11.5 Å². The fraction of sp³-hybridized carbons (Fsp3) is 0.125. The van der Waals surface area contributed by atoms with Gasteiger partial charge < -0.3 is 20.5 Å². The summed E-state index contributed by atoms with van der Waals surface area (Å²) in [6.07, 6.45) is 0. The number of nitrogens with zero attached hydrogens (tertiary/aromatic N) is 1. The van der Waals surface area contributed by atoms with Gasteiger partial charge in [-0.1, -0.05) is 30.3 Å². The quantitative estimate of drug-likeness (QED) is 0.600. The molecule has 0 aliphatic carbocycles. The monoisotopic (exact) mass is 415 g/mol. The summed E-state index contributed by atoms with van der Waals surface area (Å²) >= 11 is 0. The number of aliphatic imine (C=N–C) groups is 1. The lowest BCUT2D eigenvalue weighted by atomic mass is 9.90. The van der Waals surface area contributed by atoms with Gasteiger partial charge in [-0.15, -0.1) is 0 Å². The van der Waals surface area contributed by atoms with Gasteiger partial charge in [-0.05, 0) is 41.5 Å². The highest BCUT2D eigenvalue weighted by Crippen LogP contribution is 2.42. The second-order valence-electron chi connectivity index (χ2n) is 6.99. The van der Waals surface area contributed by atoms with Crippen molar-refractivity contribution in [3.8, 4) is 11.5 Å². The third-order valence-corrected chi connectivity index (χ3v) is 5.13. The molecule has 3 aromatic rings. The molecule has 1 unspecified atom stereocenters. The SMILES string of the molecule is COc1cc2c(cc1OC)C(C(=Nc1ccc(C(N)=O)cc1)c1ccccc1)C(=O)N2. The molecule has 31 heavy (non-hydrogen) atoms. The number of ether oxygens (including phenoxy) is 2. The highest BCUT2D eigenvalue weighted by atomic mass is 16.5. The van der Waals surface area contributed by atoms with Crippen molar-refractivity contribution >= 4 is 28.9 Å². The predicted octanol–water partition coefficient (Wildman–Crippen LogP) is 3.66. The lowest BCUT2D eigenvalue weighted by Gasteiger charge is -2.15. The van der Waals surface area contributed by atoms with Crippen LogP contribution in [0.3, 0.4) is 0 Å². The van der Waals surface area contributed by atoms with Crippen molar-refractivity contribution in [2.45, 2.75) is 5.92 Å². The molecule has 0 fully saturated rings. The molecule has 0 spiro atoms. The van der Waals surface area contributed by atoms with E-state index in [1.807, 2.05) is 30.3 Å². The summed E-state index contributed by atoms with van der Waals surface area (Å²) in [5.74, 6) is -0.290. The molecule has 3 N–H and O–H groups in total. The number of benzene rings is 3. The van der Waals surface area contributed by atoms with E-state index in [-0.39, 0.29) is 5.91 Å². The Hall–Kier alpha value is -4.13. The van der Waals surface area contributed by atoms with Gasteiger partial charge in [-0.25, -0.2) is 0 Å². The van der Waals surface area contributed by atoms with Crippen molar-refractivity contribution in [3.63, 3.8) is 0 Å². The fourth-order valence-electron chi connectivity index (χ4n) is 3.60. The first-order valence-electron chi connectivity index (χ1n) is 9.62. The van der Waals surface area contributed by atoms with E-state index in [9.17, 15) is 9.59 Å². The number of carbonyl (C=O) groups is 2. The normalized spacial score (nSPS) is 15.2. The number of nitrogens with two attached hydrogens (primary N) is 1. The van der Waals surface area contributed by atoms with Crippen LogP contribution in [0, 0.1) is 0 Å². The average molecular weight is 415 g/mol. The van der Waals surface area contributed by atoms with Gasteiger partial charge >= 0.3 is 0 Å². The summed E-state index contributed by atoms with van der Waals surface area (Å²) < 4.78 is 10.8. The minimum Gasteiger partial charge on any atom is -0.493 e. The summed E-state index contributed by atoms with van der Waals surface area (Å²) in [6, 6.07) is 19.7. The summed E-state index contributed by atoms with van der Waals surface area (Å²) in [4.78, 5) is 29.2. The first-order valence-corrected chi connectivity index (χ1v) is 9.62. The lowest BCUT2D eigenvalue weighted by Crippen LogP contribution is -2.22. The minimum atomic E-state index is -0.645. The van der Waals surface area contributed by atoms with E-state index in [4.69, 9.17) is 20.2 Å². The third kappa shape index (κ3) is 3.85. The minimum absolute atomic E-state index is 0.193. The standard InChI is InChI=1S/C24H21N3O4/c1-30-19-12-17-18(13-20(19)31-2)27-24(29)21(17)22(14-6-4-3-5-7-14)26-16-10-8-15(9-11-16)23(25)28/h3-13,21H,1-2H3,(H2,25,28)(H,27,29). The maximum absolute atomic E-state index is 13.0. The van der Waals surface area contributed by atoms with Crippen LogP contribution in [-0.4, -0.2) is 31.7 Å². The largest absolute Gasteiger partial charge is 0.493 e. The second kappa shape index (κ2) is 8.31. The van der Waals surface area contributed by atoms with Crippen LogP contribution in [0.15, 0.2) is 71.7 Å². The predicted molar refractivity (Wildman–Crippen MR) is 119 cm³/mol. The molecule has 1 atom stereocenters. The molecule has 1 heterocycles. The highest BCUT2D eigenvalue weighted by molar-refractivity contribution is 6.24. The number of amides is 2. The zero-order valence-corrected chi connectivity index (χ0v) is 17.1. The molecule has 0 aromatic heterocycles. The van der Waals surface area contributed by atoms with E-state index in [2.05, 4.69) is 5.32 Å². The van der Waals surface area contributed by atoms with Crippen LogP contribution < -0.4 is 20.5 Å². The third-order valence-electron chi connectivity index (χ3n) is 5.13. The Bertz CT molecular complexity index is 1170. The maximum Gasteiger partial charge on any atom is 0.248 e. The molecule has 1 aliphatic rings. The lowest BCUT2D eigenvalue weighted by molar-refractivity contribution is -0.115. The summed E-state index contributed by atoms with van der Waals surface area (Å²) in [7, 11) is 3.10. The number of nitrogens with one attached hydrogen (secondary N) is 1. The maximum atomic E-state index is 13.0. The van der Waals surface area contributed by atoms with Crippen LogP contribution in [0.4, 0.5) is 11.4 Å². The molecule has 0 radical (unpaired) electrons. The van der Waals surface area contributed by atoms with E-state index in [0.717, 1.165) is 11.1 Å². The van der Waals surface area contributed by atoms with Crippen LogP contribution in [-0.2, 0) is 4.79 Å². The van der Waals surface area contributed by atoms with E-state index >= 15 is 0 Å². The van der Waals surface area contributed by atoms with Gasteiger partial charge in [0.2, 0.25) is 11.8 Å². The van der Waals surface area contributed by atoms with Crippen molar-refractivity contribution in [2.24, 2.45) is 10.7 Å². The Balaban J connectivity index is 1.86. The number of methoxy groups -OCH3 is 2. The fourth-order valence-corrected chi connectivity index (χ4v) is 3.60. The van der Waals surface area contributed by atoms with Gasteiger partial charge in [-0.2, -0.15) is 0 Å². The number of anilines is 1. The molecule has 1 aliphatic heterocycles. The Morgan fingerprint density at radius 3 is 2.19 bits per heavy atom. The number of carbonyl (C=O) groups excluding carboxylic acids is 2.